The molecule has 0 aromatic heterocycles. The maximum Gasteiger partial charge on any atom is 0.228 e. The number of amides is 1. The van der Waals surface area contributed by atoms with Crippen molar-refractivity contribution in [2.24, 2.45) is 5.73 Å². The van der Waals surface area contributed by atoms with Crippen LogP contribution >= 0.6 is 10.8 Å². The maximum atomic E-state index is 12.6. The Hall–Kier alpha value is -1.08. The molecular formula is C9H10FNO3S2. The molecule has 16 heavy (non-hydrogen) atoms. The first-order valence-corrected chi connectivity index (χ1v) is 7.44. The van der Waals surface area contributed by atoms with Crippen molar-refractivity contribution in [1.82, 2.24) is 0 Å². The Bertz CT molecular complexity index is 470. The first kappa shape index (κ1) is 13.0. The molecule has 0 atom stereocenters. The van der Waals surface area contributed by atoms with E-state index in [1.54, 1.807) is 0 Å². The molecule has 0 heterocycles. The predicted octanol–water partition coefficient (Wildman–Crippen LogP) is 0.874. The number of nitrogens with two attached hydrogens (primary N) is 1. The van der Waals surface area contributed by atoms with Gasteiger partial charge >= 0.3 is 0 Å². The molecule has 0 aliphatic carbocycles. The third-order valence-corrected chi connectivity index (χ3v) is 4.87. The average molecular weight is 263 g/mol. The van der Waals surface area contributed by atoms with Crippen LogP contribution in [0.25, 0.3) is 0 Å². The van der Waals surface area contributed by atoms with E-state index < -0.39 is 20.6 Å². The van der Waals surface area contributed by atoms with Gasteiger partial charge in [0.25, 0.3) is 0 Å². The minimum absolute atomic E-state index is 0.245. The second kappa shape index (κ2) is 5.31. The summed E-state index contributed by atoms with van der Waals surface area (Å²) < 4.78 is 35.5. The predicted molar refractivity (Wildman–Crippen MR) is 60.7 cm³/mol. The molecule has 2 N–H and O–H groups in total. The third-order valence-electron chi connectivity index (χ3n) is 1.64. The second-order valence-electron chi connectivity index (χ2n) is 3.06. The number of benzene rings is 1. The van der Waals surface area contributed by atoms with Gasteiger partial charge in [0.1, 0.15) is 5.82 Å². The maximum absolute atomic E-state index is 12.6. The normalized spacial score (nSPS) is 11.3. The van der Waals surface area contributed by atoms with E-state index in [0.29, 0.717) is 16.4 Å². The van der Waals surface area contributed by atoms with Crippen LogP contribution in [-0.2, 0) is 19.4 Å². The zero-order valence-electron chi connectivity index (χ0n) is 8.22. The van der Waals surface area contributed by atoms with Crippen molar-refractivity contribution >= 4 is 25.6 Å². The third kappa shape index (κ3) is 4.63. The largest absolute Gasteiger partial charge is 0.369 e. The van der Waals surface area contributed by atoms with Crippen LogP contribution in [0.15, 0.2) is 24.3 Å². The van der Waals surface area contributed by atoms with Gasteiger partial charge in [0, 0.05) is 0 Å². The zero-order valence-corrected chi connectivity index (χ0v) is 9.85. The number of rotatable bonds is 5. The van der Waals surface area contributed by atoms with E-state index in [0.717, 1.165) is 0 Å². The molecule has 4 nitrogen and oxygen atoms in total. The highest BCUT2D eigenvalue weighted by Crippen LogP contribution is 2.18. The van der Waals surface area contributed by atoms with Gasteiger partial charge in [-0.3, -0.25) is 4.79 Å². The van der Waals surface area contributed by atoms with Crippen molar-refractivity contribution < 1.29 is 17.6 Å². The Morgan fingerprint density at radius 2 is 1.88 bits per heavy atom. The van der Waals surface area contributed by atoms with Crippen LogP contribution in [0, 0.1) is 5.82 Å². The summed E-state index contributed by atoms with van der Waals surface area (Å²) in [6.07, 6.45) is 0. The van der Waals surface area contributed by atoms with E-state index in [9.17, 15) is 17.6 Å². The summed E-state index contributed by atoms with van der Waals surface area (Å²) in [6, 6.07) is 5.14. The molecule has 1 aromatic rings. The van der Waals surface area contributed by atoms with E-state index in [1.165, 1.54) is 24.3 Å². The molecular weight excluding hydrogens is 253 g/mol. The summed E-state index contributed by atoms with van der Waals surface area (Å²) in [4.78, 5) is 10.4. The minimum Gasteiger partial charge on any atom is -0.369 e. The van der Waals surface area contributed by atoms with Gasteiger partial charge < -0.3 is 5.73 Å². The molecule has 1 aromatic carbocycles. The summed E-state index contributed by atoms with van der Waals surface area (Å²) in [6.45, 7) is 0. The number of hydrogen-bond acceptors (Lipinski definition) is 4. The molecule has 7 heteroatoms. The van der Waals surface area contributed by atoms with E-state index in [2.05, 4.69) is 0 Å². The van der Waals surface area contributed by atoms with Gasteiger partial charge in [-0.25, -0.2) is 12.8 Å². The van der Waals surface area contributed by atoms with E-state index in [-0.39, 0.29) is 11.5 Å². The van der Waals surface area contributed by atoms with Crippen molar-refractivity contribution in [1.29, 1.82) is 0 Å². The Kier molecular flexibility index (Phi) is 4.31. The average Bonchev–Trinajstić information content (AvgIpc) is 2.19. The second-order valence-corrected chi connectivity index (χ2v) is 7.22. The highest BCUT2D eigenvalue weighted by Gasteiger charge is 2.14. The molecule has 0 unspecified atom stereocenters. The SMILES string of the molecule is NC(=O)CSS(=O)(=O)Cc1ccc(F)cc1. The molecule has 0 radical (unpaired) electrons. The summed E-state index contributed by atoms with van der Waals surface area (Å²) in [7, 11) is -2.96. The van der Waals surface area contributed by atoms with Gasteiger partial charge in [-0.15, -0.1) is 0 Å². The van der Waals surface area contributed by atoms with Crippen LogP contribution in [0.1, 0.15) is 5.56 Å². The first-order chi connectivity index (χ1) is 7.39. The van der Waals surface area contributed by atoms with Crippen molar-refractivity contribution in [3.63, 3.8) is 0 Å². The van der Waals surface area contributed by atoms with E-state index >= 15 is 0 Å². The lowest BCUT2D eigenvalue weighted by Gasteiger charge is -2.02. The molecule has 0 aliphatic heterocycles. The van der Waals surface area contributed by atoms with Crippen LogP contribution in [0.5, 0.6) is 0 Å². The zero-order chi connectivity index (χ0) is 12.2. The van der Waals surface area contributed by atoms with Gasteiger partial charge in [0.15, 0.2) is 0 Å². The Balaban J connectivity index is 2.65. The van der Waals surface area contributed by atoms with Crippen LogP contribution in [0.2, 0.25) is 0 Å². The fraction of sp³-hybridized carbons (Fsp3) is 0.222. The fourth-order valence-electron chi connectivity index (χ4n) is 0.974. The van der Waals surface area contributed by atoms with Gasteiger partial charge in [-0.1, -0.05) is 12.1 Å². The number of carbonyl (C=O) groups excluding carboxylic acids is 1. The molecule has 0 aliphatic rings. The van der Waals surface area contributed by atoms with Crippen molar-refractivity contribution in [3.8, 4) is 0 Å². The van der Waals surface area contributed by atoms with Crippen LogP contribution in [0.3, 0.4) is 0 Å². The molecule has 1 amide bonds. The van der Waals surface area contributed by atoms with Gasteiger partial charge in [-0.2, -0.15) is 0 Å². The summed E-state index contributed by atoms with van der Waals surface area (Å²) in [5, 5.41) is 0. The molecule has 0 bridgehead atoms. The van der Waals surface area contributed by atoms with Gasteiger partial charge in [-0.05, 0) is 28.5 Å². The smallest absolute Gasteiger partial charge is 0.228 e. The Labute approximate surface area is 96.3 Å². The number of primary amides is 1. The summed E-state index contributed by atoms with van der Waals surface area (Å²) in [5.74, 6) is -1.63. The standard InChI is InChI=1S/C9H10FNO3S2/c10-8-3-1-7(2-4-8)6-16(13,14)15-5-9(11)12/h1-4H,5-6H2,(H2,11,12). The van der Waals surface area contributed by atoms with E-state index in [1.807, 2.05) is 0 Å². The van der Waals surface area contributed by atoms with Crippen LogP contribution < -0.4 is 5.73 Å². The van der Waals surface area contributed by atoms with Crippen LogP contribution in [-0.4, -0.2) is 20.1 Å². The highest BCUT2D eigenvalue weighted by molar-refractivity contribution is 8.71. The van der Waals surface area contributed by atoms with Crippen molar-refractivity contribution in [2.45, 2.75) is 5.75 Å². The summed E-state index contributed by atoms with van der Waals surface area (Å²) >= 11 is 0. The van der Waals surface area contributed by atoms with Gasteiger partial charge in [0.2, 0.25) is 14.8 Å². The van der Waals surface area contributed by atoms with E-state index in [4.69, 9.17) is 5.73 Å². The van der Waals surface area contributed by atoms with Crippen molar-refractivity contribution in [3.05, 3.63) is 35.6 Å². The lowest BCUT2D eigenvalue weighted by molar-refractivity contribution is -0.115. The number of halogens is 1. The number of carbonyl (C=O) groups is 1. The molecule has 1 rings (SSSR count). The lowest BCUT2D eigenvalue weighted by atomic mass is 10.2. The highest BCUT2D eigenvalue weighted by atomic mass is 33.1. The van der Waals surface area contributed by atoms with Crippen molar-refractivity contribution in [2.75, 3.05) is 5.75 Å². The molecule has 0 fully saturated rings. The molecule has 0 spiro atoms. The Morgan fingerprint density at radius 3 is 2.38 bits per heavy atom. The topological polar surface area (TPSA) is 77.2 Å². The molecule has 0 saturated heterocycles. The monoisotopic (exact) mass is 263 g/mol. The first-order valence-electron chi connectivity index (χ1n) is 4.29. The fourth-order valence-corrected chi connectivity index (χ4v) is 3.50. The quantitative estimate of drug-likeness (QED) is 0.800. The Morgan fingerprint density at radius 1 is 1.31 bits per heavy atom. The molecule has 88 valence electrons. The minimum atomic E-state index is -3.45. The van der Waals surface area contributed by atoms with Gasteiger partial charge in [0.05, 0.1) is 11.5 Å². The lowest BCUT2D eigenvalue weighted by Crippen LogP contribution is -2.15. The number of hydrogen-bond donors (Lipinski definition) is 1. The summed E-state index contributed by atoms with van der Waals surface area (Å²) in [5.41, 5.74) is 5.31. The molecule has 0 saturated carbocycles. The van der Waals surface area contributed by atoms with Crippen LogP contribution in [0.4, 0.5) is 4.39 Å².